The van der Waals surface area contributed by atoms with Gasteiger partial charge >= 0.3 is 0 Å². The Morgan fingerprint density at radius 2 is 2.00 bits per heavy atom. The molecule has 14 heavy (non-hydrogen) atoms. The summed E-state index contributed by atoms with van der Waals surface area (Å²) in [6.07, 6.45) is 2.77. The highest BCUT2D eigenvalue weighted by molar-refractivity contribution is 8.05. The van der Waals surface area contributed by atoms with Gasteiger partial charge in [0.1, 0.15) is 0 Å². The summed E-state index contributed by atoms with van der Waals surface area (Å²) < 4.78 is 0. The lowest BCUT2D eigenvalue weighted by Crippen LogP contribution is -2.21. The Balaban J connectivity index is 3.69. The van der Waals surface area contributed by atoms with Gasteiger partial charge in [0, 0.05) is 13.1 Å². The molecule has 0 radical (unpaired) electrons. The lowest BCUT2D eigenvalue weighted by molar-refractivity contribution is 0.374. The molecule has 0 heterocycles. The van der Waals surface area contributed by atoms with Crippen LogP contribution >= 0.6 is 11.8 Å². The zero-order valence-corrected chi connectivity index (χ0v) is 9.78. The highest BCUT2D eigenvalue weighted by Crippen LogP contribution is 2.14. The Bertz CT molecular complexity index is 230. The van der Waals surface area contributed by atoms with Crippen LogP contribution in [0.5, 0.6) is 0 Å². The van der Waals surface area contributed by atoms with Gasteiger partial charge in [-0.25, -0.2) is 0 Å². The van der Waals surface area contributed by atoms with Gasteiger partial charge in [-0.05, 0) is 23.8 Å². The zero-order chi connectivity index (χ0) is 11.0. The molecule has 78 valence electrons. The van der Waals surface area contributed by atoms with Gasteiger partial charge in [0.25, 0.3) is 0 Å². The molecule has 0 aromatic rings. The van der Waals surface area contributed by atoms with E-state index in [1.807, 2.05) is 0 Å². The lowest BCUT2D eigenvalue weighted by Gasteiger charge is -2.16. The van der Waals surface area contributed by atoms with Crippen molar-refractivity contribution in [1.29, 1.82) is 0 Å². The van der Waals surface area contributed by atoms with E-state index in [2.05, 4.69) is 38.3 Å². The fraction of sp³-hybridized carbons (Fsp3) is 0.333. The van der Waals surface area contributed by atoms with E-state index in [9.17, 15) is 0 Å². The zero-order valence-electron chi connectivity index (χ0n) is 8.96. The van der Waals surface area contributed by atoms with Crippen molar-refractivity contribution in [2.75, 3.05) is 20.1 Å². The molecule has 1 nitrogen and oxygen atoms in total. The van der Waals surface area contributed by atoms with E-state index in [-0.39, 0.29) is 0 Å². The molecule has 0 rings (SSSR count). The Hall–Kier alpha value is -0.730. The van der Waals surface area contributed by atoms with Crippen LogP contribution in [0.2, 0.25) is 0 Å². The van der Waals surface area contributed by atoms with E-state index in [0.29, 0.717) is 0 Å². The number of rotatable bonds is 8. The summed E-state index contributed by atoms with van der Waals surface area (Å²) in [7, 11) is 2.07. The molecule has 0 aromatic carbocycles. The smallest absolute Gasteiger partial charge is 0.0288 e. The molecule has 0 aliphatic heterocycles. The minimum Gasteiger partial charge on any atom is -0.301 e. The molecule has 2 heteroatoms. The summed E-state index contributed by atoms with van der Waals surface area (Å²) in [5.41, 5.74) is 1.08. The van der Waals surface area contributed by atoms with Crippen LogP contribution in [-0.2, 0) is 0 Å². The van der Waals surface area contributed by atoms with Crippen LogP contribution in [0.1, 0.15) is 6.42 Å². The molecule has 0 aromatic heterocycles. The van der Waals surface area contributed by atoms with Crippen molar-refractivity contribution in [3.8, 4) is 0 Å². The molecular weight excluding hydrogens is 190 g/mol. The van der Waals surface area contributed by atoms with Crippen molar-refractivity contribution in [3.05, 3.63) is 48.3 Å². The molecule has 0 aliphatic rings. The van der Waals surface area contributed by atoms with Crippen molar-refractivity contribution < 1.29 is 0 Å². The quantitative estimate of drug-likeness (QED) is 0.563. The first-order valence-electron chi connectivity index (χ1n) is 4.54. The van der Waals surface area contributed by atoms with Crippen LogP contribution in [0.3, 0.4) is 0 Å². The third-order valence-corrected chi connectivity index (χ3v) is 2.43. The first-order chi connectivity index (χ1) is 6.60. The van der Waals surface area contributed by atoms with Crippen LogP contribution in [0, 0.1) is 0 Å². The number of nitrogens with zero attached hydrogens (tertiary/aromatic N) is 1. The maximum atomic E-state index is 3.94. The summed E-state index contributed by atoms with van der Waals surface area (Å²) in [6.45, 7) is 17.0. The Kier molecular flexibility index (Phi) is 7.25. The molecule has 0 spiro atoms. The van der Waals surface area contributed by atoms with Gasteiger partial charge in [0.05, 0.1) is 0 Å². The fourth-order valence-corrected chi connectivity index (χ4v) is 1.50. The first kappa shape index (κ1) is 13.3. The number of thioether (sulfide) groups is 1. The normalized spacial score (nSPS) is 9.86. The molecule has 0 atom stereocenters. The monoisotopic (exact) mass is 209 g/mol. The van der Waals surface area contributed by atoms with Crippen LogP contribution in [0.25, 0.3) is 0 Å². The maximum absolute atomic E-state index is 3.94. The third-order valence-electron chi connectivity index (χ3n) is 1.80. The number of likely N-dealkylation sites (N-methyl/N-ethyl adjacent to an activating group) is 1. The largest absolute Gasteiger partial charge is 0.301 e. The van der Waals surface area contributed by atoms with Gasteiger partial charge in [-0.15, -0.1) is 11.8 Å². The molecule has 0 bridgehead atoms. The Labute approximate surface area is 91.9 Å². The van der Waals surface area contributed by atoms with Gasteiger partial charge in [-0.2, -0.15) is 0 Å². The van der Waals surface area contributed by atoms with Gasteiger partial charge in [-0.3, -0.25) is 0 Å². The lowest BCUT2D eigenvalue weighted by atomic mass is 10.2. The van der Waals surface area contributed by atoms with Crippen LogP contribution in [0.15, 0.2) is 48.3 Å². The van der Waals surface area contributed by atoms with E-state index >= 15 is 0 Å². The second-order valence-electron chi connectivity index (χ2n) is 3.17. The minimum absolute atomic E-state index is 0.890. The fourth-order valence-electron chi connectivity index (χ4n) is 0.972. The van der Waals surface area contributed by atoms with Gasteiger partial charge < -0.3 is 4.90 Å². The predicted molar refractivity (Wildman–Crippen MR) is 68.4 cm³/mol. The molecule has 0 aliphatic carbocycles. The minimum atomic E-state index is 0.890. The SMILES string of the molecule is C=CSC(=C)CN(C)CCC(=C)C=C. The van der Waals surface area contributed by atoms with Crippen molar-refractivity contribution in [2.24, 2.45) is 0 Å². The highest BCUT2D eigenvalue weighted by atomic mass is 32.2. The topological polar surface area (TPSA) is 3.24 Å². The molecule has 0 saturated heterocycles. The first-order valence-corrected chi connectivity index (χ1v) is 5.42. The predicted octanol–water partition coefficient (Wildman–Crippen LogP) is 3.44. The summed E-state index contributed by atoms with van der Waals surface area (Å²) >= 11 is 1.58. The van der Waals surface area contributed by atoms with E-state index in [4.69, 9.17) is 0 Å². The number of hydrogen-bond acceptors (Lipinski definition) is 2. The third kappa shape index (κ3) is 6.75. The molecule has 0 saturated carbocycles. The van der Waals surface area contributed by atoms with Gasteiger partial charge in [0.15, 0.2) is 0 Å². The molecule has 0 N–H and O–H groups in total. The van der Waals surface area contributed by atoms with E-state index in [1.165, 1.54) is 0 Å². The molecule has 0 fully saturated rings. The van der Waals surface area contributed by atoms with E-state index in [1.54, 1.807) is 23.2 Å². The van der Waals surface area contributed by atoms with Crippen LogP contribution in [0.4, 0.5) is 0 Å². The standard InChI is InChI=1S/C12H19NS/c1-6-11(3)8-9-13(5)10-12(4)14-7-2/h6-7H,1-4,8-10H2,5H3. The summed E-state index contributed by atoms with van der Waals surface area (Å²) in [6, 6.07) is 0. The summed E-state index contributed by atoms with van der Waals surface area (Å²) in [5.74, 6) is 0. The van der Waals surface area contributed by atoms with Crippen molar-refractivity contribution >= 4 is 11.8 Å². The van der Waals surface area contributed by atoms with Crippen molar-refractivity contribution in [3.63, 3.8) is 0 Å². The summed E-state index contributed by atoms with van der Waals surface area (Å²) in [5, 5.41) is 1.80. The average Bonchev–Trinajstić information content (AvgIpc) is 2.14. The van der Waals surface area contributed by atoms with Crippen molar-refractivity contribution in [2.45, 2.75) is 6.42 Å². The highest BCUT2D eigenvalue weighted by Gasteiger charge is 2.00. The molecule has 0 amide bonds. The van der Waals surface area contributed by atoms with Crippen LogP contribution < -0.4 is 0 Å². The van der Waals surface area contributed by atoms with Gasteiger partial charge in [-0.1, -0.05) is 38.0 Å². The van der Waals surface area contributed by atoms with E-state index < -0.39 is 0 Å². The molecule has 0 unspecified atom stereocenters. The van der Waals surface area contributed by atoms with Crippen molar-refractivity contribution in [1.82, 2.24) is 4.90 Å². The second-order valence-corrected chi connectivity index (χ2v) is 4.32. The average molecular weight is 209 g/mol. The van der Waals surface area contributed by atoms with E-state index in [0.717, 1.165) is 30.0 Å². The Morgan fingerprint density at radius 1 is 1.36 bits per heavy atom. The Morgan fingerprint density at radius 3 is 2.50 bits per heavy atom. The number of allylic oxidation sites excluding steroid dienone is 1. The van der Waals surface area contributed by atoms with Gasteiger partial charge in [0.2, 0.25) is 0 Å². The number of hydrogen-bond donors (Lipinski definition) is 0. The van der Waals surface area contributed by atoms with Crippen LogP contribution in [-0.4, -0.2) is 25.0 Å². The maximum Gasteiger partial charge on any atom is 0.0288 e. The summed E-state index contributed by atoms with van der Waals surface area (Å²) in [4.78, 5) is 3.33. The second kappa shape index (κ2) is 7.65. The molecular formula is C12H19NS.